The van der Waals surface area contributed by atoms with E-state index >= 15 is 0 Å². The van der Waals surface area contributed by atoms with Gasteiger partial charge in [0.05, 0.1) is 38.1 Å². The maximum absolute atomic E-state index is 14.2. The molecule has 2 fully saturated rings. The van der Waals surface area contributed by atoms with Crippen LogP contribution in [-0.4, -0.2) is 116 Å². The molecule has 19 heteroatoms. The Morgan fingerprint density at radius 1 is 0.644 bits per heavy atom. The van der Waals surface area contributed by atoms with Gasteiger partial charge in [0, 0.05) is 6.92 Å². The summed E-state index contributed by atoms with van der Waals surface area (Å²) in [5.41, 5.74) is 0.282. The monoisotopic (exact) mass is 943 g/mol. The fourth-order valence-electron chi connectivity index (χ4n) is 7.84. The Kier molecular flexibility index (Phi) is 20.7. The summed E-state index contributed by atoms with van der Waals surface area (Å²) in [6.07, 6.45) is -8.54. The summed E-state index contributed by atoms with van der Waals surface area (Å²) in [6, 6.07) is 14.1. The highest BCUT2D eigenvalue weighted by molar-refractivity contribution is 6.76. The van der Waals surface area contributed by atoms with Gasteiger partial charge >= 0.3 is 11.9 Å². The Balaban J connectivity index is 2.27. The van der Waals surface area contributed by atoms with Gasteiger partial charge in [-0.15, -0.1) is 0 Å². The standard InChI is InChI=1S/C40H68Cl3NO12Si3/c1-12-57(13-2,14-3)54-30-25-49-38(53-39(44)40(41,42)43)34(50-27(10)45)32(30)52-37-35(51-36(46)28-21-23-29(47-11)24-22-28)33(56-59(18-7,19-8)20-9)31(26-48-37)55-58(15-4,16-5)17-6/h21-24,30-35,37-38,44H,12-20,25-26H2,1-11H3/t30-,31+,32-,33-,34+,35+,37-,38-/m0/s1. The minimum atomic E-state index is -2.43. The third kappa shape index (κ3) is 13.4. The predicted molar refractivity (Wildman–Crippen MR) is 237 cm³/mol. The van der Waals surface area contributed by atoms with E-state index in [1.165, 1.54) is 6.92 Å². The molecule has 13 nitrogen and oxygen atoms in total. The maximum atomic E-state index is 14.2. The van der Waals surface area contributed by atoms with E-state index in [0.717, 1.165) is 54.4 Å². The van der Waals surface area contributed by atoms with Crippen LogP contribution in [-0.2, 0) is 46.5 Å². The second-order valence-corrected chi connectivity index (χ2v) is 31.7. The molecule has 8 atom stereocenters. The second kappa shape index (κ2) is 23.4. The van der Waals surface area contributed by atoms with Gasteiger partial charge in [-0.05, 0) is 78.7 Å². The number of nitrogens with one attached hydrogen (secondary N) is 1. The van der Waals surface area contributed by atoms with E-state index in [9.17, 15) is 9.59 Å². The van der Waals surface area contributed by atoms with Crippen LogP contribution in [0.4, 0.5) is 0 Å². The first-order valence-electron chi connectivity index (χ1n) is 21.2. The summed E-state index contributed by atoms with van der Waals surface area (Å²) < 4.78 is 62.5. The van der Waals surface area contributed by atoms with Gasteiger partial charge in [-0.25, -0.2) is 4.79 Å². The SMILES string of the molecule is CC[Si](CC)(CC)O[C@@H]1[C@@H](OC(=O)c2ccc(OC)cc2)[C@H](O[C@@H]2[C@@H](OC(C)=O)[C@H](OC(=N)C(Cl)(Cl)Cl)OC[C@@H]2O[Si](CC)(CC)CC)OC[C@H]1O[Si](CC)(CC)CC. The molecule has 0 aliphatic carbocycles. The van der Waals surface area contributed by atoms with Gasteiger partial charge < -0.3 is 46.4 Å². The molecular formula is C40H68Cl3NO12Si3. The van der Waals surface area contributed by atoms with Crippen molar-refractivity contribution in [3.05, 3.63) is 29.8 Å². The lowest BCUT2D eigenvalue weighted by atomic mass is 10.0. The van der Waals surface area contributed by atoms with Gasteiger partial charge in [-0.2, -0.15) is 0 Å². The molecule has 0 bridgehead atoms. The highest BCUT2D eigenvalue weighted by atomic mass is 35.6. The van der Waals surface area contributed by atoms with Crippen LogP contribution in [0.2, 0.25) is 54.4 Å². The Labute approximate surface area is 369 Å². The van der Waals surface area contributed by atoms with E-state index in [0.29, 0.717) is 5.75 Å². The van der Waals surface area contributed by atoms with E-state index in [2.05, 4.69) is 62.3 Å². The smallest absolute Gasteiger partial charge is 0.338 e. The Bertz CT molecular complexity index is 1460. The fraction of sp³-hybridized carbons (Fsp3) is 0.775. The Morgan fingerprint density at radius 2 is 1.07 bits per heavy atom. The van der Waals surface area contributed by atoms with Gasteiger partial charge in [0.2, 0.25) is 12.2 Å². The van der Waals surface area contributed by atoms with Crippen molar-refractivity contribution < 1.29 is 56.0 Å². The minimum absolute atomic E-state index is 0.0741. The topological polar surface area (TPSA) is 150 Å². The molecule has 59 heavy (non-hydrogen) atoms. The summed E-state index contributed by atoms with van der Waals surface area (Å²) >= 11 is 18.1. The quantitative estimate of drug-likeness (QED) is 0.0388. The first-order valence-corrected chi connectivity index (χ1v) is 29.9. The summed E-state index contributed by atoms with van der Waals surface area (Å²) in [4.78, 5) is 27.1. The number of alkyl halides is 3. The van der Waals surface area contributed by atoms with Crippen LogP contribution >= 0.6 is 34.8 Å². The lowest BCUT2D eigenvalue weighted by Gasteiger charge is -2.50. The van der Waals surface area contributed by atoms with Gasteiger partial charge in [-0.3, -0.25) is 10.2 Å². The van der Waals surface area contributed by atoms with Crippen molar-refractivity contribution in [1.82, 2.24) is 0 Å². The number of carbonyl (C=O) groups excluding carboxylic acids is 2. The van der Waals surface area contributed by atoms with Crippen molar-refractivity contribution in [2.45, 2.75) is 177 Å². The van der Waals surface area contributed by atoms with E-state index < -0.39 is 95.8 Å². The molecule has 2 aliphatic heterocycles. The zero-order valence-electron chi connectivity index (χ0n) is 36.7. The van der Waals surface area contributed by atoms with Gasteiger partial charge in [0.15, 0.2) is 43.5 Å². The van der Waals surface area contributed by atoms with Gasteiger partial charge in [0.1, 0.15) is 18.0 Å². The van der Waals surface area contributed by atoms with E-state index in [1.54, 1.807) is 31.4 Å². The molecule has 0 spiro atoms. The van der Waals surface area contributed by atoms with E-state index in [1.807, 2.05) is 0 Å². The van der Waals surface area contributed by atoms with Gasteiger partial charge in [0.25, 0.3) is 3.79 Å². The number of methoxy groups -OCH3 is 1. The molecule has 0 aromatic heterocycles. The average Bonchev–Trinajstić information content (AvgIpc) is 3.23. The van der Waals surface area contributed by atoms with Crippen LogP contribution in [0.3, 0.4) is 0 Å². The van der Waals surface area contributed by atoms with Crippen molar-refractivity contribution in [3.8, 4) is 5.75 Å². The van der Waals surface area contributed by atoms with E-state index in [4.69, 9.17) is 86.6 Å². The molecule has 1 aromatic rings. The summed E-state index contributed by atoms with van der Waals surface area (Å²) in [5, 5.41) is 8.36. The molecule has 2 heterocycles. The third-order valence-corrected chi connectivity index (χ3v) is 26.9. The highest BCUT2D eigenvalue weighted by Crippen LogP contribution is 2.39. The zero-order valence-corrected chi connectivity index (χ0v) is 42.0. The average molecular weight is 946 g/mol. The van der Waals surface area contributed by atoms with Crippen molar-refractivity contribution in [3.63, 3.8) is 0 Å². The Hall–Kier alpha value is -1.29. The molecule has 0 radical (unpaired) electrons. The van der Waals surface area contributed by atoms with Crippen molar-refractivity contribution in [1.29, 1.82) is 5.41 Å². The number of carbonyl (C=O) groups is 2. The van der Waals surface area contributed by atoms with Crippen LogP contribution in [0.1, 0.15) is 79.6 Å². The number of ether oxygens (including phenoxy) is 7. The summed E-state index contributed by atoms with van der Waals surface area (Å²) in [5.74, 6) is -1.48. The number of rotatable bonds is 22. The minimum Gasteiger partial charge on any atom is -0.497 e. The lowest BCUT2D eigenvalue weighted by Crippen LogP contribution is -2.66. The maximum Gasteiger partial charge on any atom is 0.338 e. The largest absolute Gasteiger partial charge is 0.497 e. The van der Waals surface area contributed by atoms with Gasteiger partial charge in [-0.1, -0.05) is 97.1 Å². The zero-order chi connectivity index (χ0) is 44.2. The van der Waals surface area contributed by atoms with Crippen LogP contribution in [0, 0.1) is 5.41 Å². The molecule has 0 unspecified atom stereocenters. The molecule has 1 N–H and O–H groups in total. The molecule has 1 aromatic carbocycles. The summed E-state index contributed by atoms with van der Waals surface area (Å²) in [6.45, 7) is 20.4. The van der Waals surface area contributed by atoms with Crippen LogP contribution in [0.5, 0.6) is 5.75 Å². The molecule has 0 saturated carbocycles. The number of halogens is 3. The molecule has 3 rings (SSSR count). The molecular weight excluding hydrogens is 877 g/mol. The van der Waals surface area contributed by atoms with Crippen LogP contribution in [0.25, 0.3) is 0 Å². The van der Waals surface area contributed by atoms with Crippen LogP contribution in [0.15, 0.2) is 24.3 Å². The van der Waals surface area contributed by atoms with Crippen molar-refractivity contribution in [2.24, 2.45) is 0 Å². The Morgan fingerprint density at radius 3 is 1.49 bits per heavy atom. The lowest BCUT2D eigenvalue weighted by molar-refractivity contribution is -0.324. The first kappa shape index (κ1) is 52.1. The number of hydrogen-bond acceptors (Lipinski definition) is 13. The predicted octanol–water partition coefficient (Wildman–Crippen LogP) is 9.79. The molecule has 338 valence electrons. The normalized spacial score (nSPS) is 25.6. The first-order chi connectivity index (χ1) is 27.9. The third-order valence-electron chi connectivity index (χ3n) is 12.4. The van der Waals surface area contributed by atoms with Crippen molar-refractivity contribution >= 4 is 77.6 Å². The molecule has 2 saturated heterocycles. The van der Waals surface area contributed by atoms with Crippen LogP contribution < -0.4 is 4.74 Å². The number of esters is 2. The van der Waals surface area contributed by atoms with Crippen molar-refractivity contribution in [2.75, 3.05) is 20.3 Å². The second-order valence-electron chi connectivity index (χ2n) is 15.2. The van der Waals surface area contributed by atoms with E-state index in [-0.39, 0.29) is 18.8 Å². The highest BCUT2D eigenvalue weighted by Gasteiger charge is 2.55. The fourth-order valence-corrected chi connectivity index (χ4v) is 16.5. The number of benzene rings is 1. The summed E-state index contributed by atoms with van der Waals surface area (Å²) in [7, 11) is -5.55. The number of hydrogen-bond donors (Lipinski definition) is 1. The molecule has 0 amide bonds. The molecule has 2 aliphatic rings.